The monoisotopic (exact) mass is 464 g/mol. The van der Waals surface area contributed by atoms with Gasteiger partial charge in [0.2, 0.25) is 20.0 Å². The van der Waals surface area contributed by atoms with Crippen molar-refractivity contribution in [2.24, 2.45) is 0 Å². The highest BCUT2D eigenvalue weighted by Gasteiger charge is 2.35. The van der Waals surface area contributed by atoms with Crippen LogP contribution in [0.2, 0.25) is 0 Å². The Labute approximate surface area is 185 Å². The zero-order valence-corrected chi connectivity index (χ0v) is 19.6. The Bertz CT molecular complexity index is 1130. The standard InChI is InChI=1S/C22H28N2O5S2/c1-18-9-11-22(12-10-18)31(27,28)24-14-13-23(30(3,25)26)21(17-29-2)16-20(24)15-19-7-5-4-6-8-19/h4-12,16,20H,13-15,17H2,1-3H3/t20-/m0/s1. The van der Waals surface area contributed by atoms with Crippen molar-refractivity contribution >= 4 is 20.0 Å². The van der Waals surface area contributed by atoms with E-state index in [1.54, 1.807) is 30.3 Å². The minimum atomic E-state index is -3.85. The molecule has 1 aliphatic rings. The number of hydrogen-bond donors (Lipinski definition) is 0. The molecule has 168 valence electrons. The molecule has 1 aliphatic heterocycles. The van der Waals surface area contributed by atoms with Gasteiger partial charge in [0.1, 0.15) is 0 Å². The van der Waals surface area contributed by atoms with Crippen LogP contribution in [0.3, 0.4) is 0 Å². The minimum absolute atomic E-state index is 0.0183. The fraction of sp³-hybridized carbons (Fsp3) is 0.364. The summed E-state index contributed by atoms with van der Waals surface area (Å²) >= 11 is 0. The largest absolute Gasteiger partial charge is 0.378 e. The highest BCUT2D eigenvalue weighted by Crippen LogP contribution is 2.26. The predicted octanol–water partition coefficient (Wildman–Crippen LogP) is 2.40. The highest BCUT2D eigenvalue weighted by atomic mass is 32.2. The van der Waals surface area contributed by atoms with Crippen LogP contribution in [0.5, 0.6) is 0 Å². The van der Waals surface area contributed by atoms with Crippen molar-refractivity contribution in [3.05, 3.63) is 77.5 Å². The van der Waals surface area contributed by atoms with Gasteiger partial charge in [-0.2, -0.15) is 4.31 Å². The summed E-state index contributed by atoms with van der Waals surface area (Å²) in [6.45, 7) is 2.01. The maximum atomic E-state index is 13.6. The van der Waals surface area contributed by atoms with Crippen molar-refractivity contribution in [3.63, 3.8) is 0 Å². The summed E-state index contributed by atoms with van der Waals surface area (Å²) in [4.78, 5) is 0.186. The van der Waals surface area contributed by atoms with Crippen molar-refractivity contribution in [3.8, 4) is 0 Å². The molecule has 0 spiro atoms. The van der Waals surface area contributed by atoms with Gasteiger partial charge in [0, 0.05) is 26.2 Å². The molecule has 0 aromatic heterocycles. The van der Waals surface area contributed by atoms with Crippen LogP contribution >= 0.6 is 0 Å². The van der Waals surface area contributed by atoms with Crippen LogP contribution in [0.25, 0.3) is 0 Å². The van der Waals surface area contributed by atoms with Gasteiger partial charge in [-0.1, -0.05) is 48.0 Å². The number of rotatable bonds is 7. The Morgan fingerprint density at radius 1 is 0.968 bits per heavy atom. The normalized spacial score (nSPS) is 18.5. The molecule has 0 unspecified atom stereocenters. The van der Waals surface area contributed by atoms with E-state index < -0.39 is 26.1 Å². The smallest absolute Gasteiger partial charge is 0.243 e. The van der Waals surface area contributed by atoms with E-state index in [1.165, 1.54) is 15.7 Å². The van der Waals surface area contributed by atoms with Crippen molar-refractivity contribution in [2.75, 3.05) is 33.1 Å². The molecule has 1 heterocycles. The topological polar surface area (TPSA) is 84.0 Å². The van der Waals surface area contributed by atoms with E-state index in [-0.39, 0.29) is 24.6 Å². The molecule has 0 bridgehead atoms. The van der Waals surface area contributed by atoms with Gasteiger partial charge in [-0.05, 0) is 37.1 Å². The molecule has 0 saturated heterocycles. The molecule has 31 heavy (non-hydrogen) atoms. The van der Waals surface area contributed by atoms with Crippen LogP contribution in [0.4, 0.5) is 0 Å². The second-order valence-corrected chi connectivity index (χ2v) is 11.4. The minimum Gasteiger partial charge on any atom is -0.378 e. The third-order valence-electron chi connectivity index (χ3n) is 5.21. The van der Waals surface area contributed by atoms with Crippen LogP contribution in [-0.2, 0) is 31.2 Å². The first kappa shape index (κ1) is 23.5. The zero-order chi connectivity index (χ0) is 22.6. The highest BCUT2D eigenvalue weighted by molar-refractivity contribution is 7.89. The number of sulfonamides is 2. The number of methoxy groups -OCH3 is 1. The van der Waals surface area contributed by atoms with Gasteiger partial charge in [-0.3, -0.25) is 4.31 Å². The Kier molecular flexibility index (Phi) is 7.20. The van der Waals surface area contributed by atoms with E-state index in [0.29, 0.717) is 12.1 Å². The van der Waals surface area contributed by atoms with E-state index in [1.807, 2.05) is 37.3 Å². The summed E-state index contributed by atoms with van der Waals surface area (Å²) < 4.78 is 59.8. The van der Waals surface area contributed by atoms with Crippen LogP contribution in [0, 0.1) is 6.92 Å². The van der Waals surface area contributed by atoms with Gasteiger partial charge in [0.25, 0.3) is 0 Å². The lowest BCUT2D eigenvalue weighted by Gasteiger charge is -2.28. The lowest BCUT2D eigenvalue weighted by molar-refractivity contribution is 0.208. The third kappa shape index (κ3) is 5.54. The van der Waals surface area contributed by atoms with Crippen molar-refractivity contribution < 1.29 is 21.6 Å². The molecular weight excluding hydrogens is 436 g/mol. The molecule has 9 heteroatoms. The molecule has 0 amide bonds. The van der Waals surface area contributed by atoms with Gasteiger partial charge >= 0.3 is 0 Å². The van der Waals surface area contributed by atoms with Crippen LogP contribution in [-0.4, -0.2) is 64.5 Å². The fourth-order valence-electron chi connectivity index (χ4n) is 3.69. The Balaban J connectivity index is 2.10. The second-order valence-electron chi connectivity index (χ2n) is 7.61. The van der Waals surface area contributed by atoms with Gasteiger partial charge in [0.15, 0.2) is 0 Å². The molecule has 3 rings (SSSR count). The molecule has 0 fully saturated rings. The fourth-order valence-corrected chi connectivity index (χ4v) is 6.21. The maximum Gasteiger partial charge on any atom is 0.243 e. The number of aryl methyl sites for hydroxylation is 1. The Morgan fingerprint density at radius 3 is 2.19 bits per heavy atom. The molecule has 0 N–H and O–H groups in total. The van der Waals surface area contributed by atoms with Crippen LogP contribution < -0.4 is 0 Å². The van der Waals surface area contributed by atoms with Crippen molar-refractivity contribution in [2.45, 2.75) is 24.3 Å². The average Bonchev–Trinajstić information content (AvgIpc) is 2.89. The summed E-state index contributed by atoms with van der Waals surface area (Å²) in [5.74, 6) is 0. The van der Waals surface area contributed by atoms with E-state index in [0.717, 1.165) is 17.4 Å². The van der Waals surface area contributed by atoms with Gasteiger partial charge < -0.3 is 4.74 Å². The molecule has 7 nitrogen and oxygen atoms in total. The quantitative estimate of drug-likeness (QED) is 0.628. The summed E-state index contributed by atoms with van der Waals surface area (Å²) in [6.07, 6.45) is 3.24. The first-order valence-electron chi connectivity index (χ1n) is 9.92. The predicted molar refractivity (Wildman–Crippen MR) is 121 cm³/mol. The SMILES string of the molecule is COCC1=C[C@H](Cc2ccccc2)N(S(=O)(=O)c2ccc(C)cc2)CCN1S(C)(=O)=O. The number of hydrogen-bond acceptors (Lipinski definition) is 5. The number of ether oxygens (including phenoxy) is 1. The van der Waals surface area contributed by atoms with E-state index in [2.05, 4.69) is 0 Å². The summed E-state index contributed by atoms with van der Waals surface area (Å²) in [7, 11) is -5.96. The molecule has 2 aromatic carbocycles. The molecule has 0 aliphatic carbocycles. The molecule has 2 aromatic rings. The Morgan fingerprint density at radius 2 is 1.61 bits per heavy atom. The second kappa shape index (κ2) is 9.52. The van der Waals surface area contributed by atoms with Gasteiger partial charge in [0.05, 0.1) is 23.5 Å². The lowest BCUT2D eigenvalue weighted by Crippen LogP contribution is -2.42. The number of benzene rings is 2. The third-order valence-corrected chi connectivity index (χ3v) is 8.36. The van der Waals surface area contributed by atoms with E-state index >= 15 is 0 Å². The summed E-state index contributed by atoms with van der Waals surface area (Å²) in [5, 5.41) is 0. The van der Waals surface area contributed by atoms with Crippen molar-refractivity contribution in [1.82, 2.24) is 8.61 Å². The summed E-state index contributed by atoms with van der Waals surface area (Å²) in [5.41, 5.74) is 2.35. The van der Waals surface area contributed by atoms with Crippen LogP contribution in [0.1, 0.15) is 11.1 Å². The van der Waals surface area contributed by atoms with Gasteiger partial charge in [-0.15, -0.1) is 0 Å². The first-order chi connectivity index (χ1) is 14.6. The molecule has 0 saturated carbocycles. The zero-order valence-electron chi connectivity index (χ0n) is 17.9. The van der Waals surface area contributed by atoms with Gasteiger partial charge in [-0.25, -0.2) is 16.8 Å². The number of nitrogens with zero attached hydrogens (tertiary/aromatic N) is 2. The Hall–Kier alpha value is -2.20. The molecule has 1 atom stereocenters. The first-order valence-corrected chi connectivity index (χ1v) is 13.2. The maximum absolute atomic E-state index is 13.6. The van der Waals surface area contributed by atoms with E-state index in [9.17, 15) is 16.8 Å². The van der Waals surface area contributed by atoms with Crippen molar-refractivity contribution in [1.29, 1.82) is 0 Å². The molecule has 0 radical (unpaired) electrons. The molecular formula is C22H28N2O5S2. The summed E-state index contributed by atoms with van der Waals surface area (Å²) in [6, 6.07) is 15.7. The average molecular weight is 465 g/mol. The van der Waals surface area contributed by atoms with Crippen LogP contribution in [0.15, 0.2) is 71.3 Å². The lowest BCUT2D eigenvalue weighted by atomic mass is 10.1. The van der Waals surface area contributed by atoms with E-state index in [4.69, 9.17) is 4.74 Å².